The number of nitrogens with zero attached hydrogens (tertiary/aromatic N) is 8. The molecule has 0 fully saturated rings. The van der Waals surface area contributed by atoms with Gasteiger partial charge in [-0.1, -0.05) is 24.3 Å². The first kappa shape index (κ1) is 33.6. The zero-order valence-electron chi connectivity index (χ0n) is 30.6. The highest BCUT2D eigenvalue weighted by Gasteiger charge is 2.43. The van der Waals surface area contributed by atoms with Crippen molar-refractivity contribution >= 4 is 23.2 Å². The number of hydrogen-bond donors (Lipinski definition) is 0. The topological polar surface area (TPSA) is 102 Å². The van der Waals surface area contributed by atoms with Crippen LogP contribution in [-0.2, 0) is 20.4 Å². The molecule has 10 nitrogen and oxygen atoms in total. The summed E-state index contributed by atoms with van der Waals surface area (Å²) < 4.78 is 4.11. The number of imidazole rings is 2. The van der Waals surface area contributed by atoms with Crippen molar-refractivity contribution in [3.05, 3.63) is 120 Å². The summed E-state index contributed by atoms with van der Waals surface area (Å²) in [4.78, 5) is 46.2. The standard InChI is InChI=1S/C21H22N4O.C20H20N4O/c1-13-10-16(8-9-22-13)25-12-18(23-14(25)2)15-6-7-17-19(11-15)24(5)20(26)21(17,3)4;1-13-22-17(12-24(13)15-7-9-21-10-8-15)14-5-6-16-18(11-14)23(4)19(25)20(16,2)3/h6-12H,1-5H3;5-12H,1-4H3. The Labute approximate surface area is 298 Å². The summed E-state index contributed by atoms with van der Waals surface area (Å²) in [6, 6.07) is 20.2. The van der Waals surface area contributed by atoms with Crippen molar-refractivity contribution in [3.63, 3.8) is 0 Å². The van der Waals surface area contributed by atoms with Crippen LogP contribution in [0.5, 0.6) is 0 Å². The maximum Gasteiger partial charge on any atom is 0.236 e. The maximum atomic E-state index is 12.5. The summed E-state index contributed by atoms with van der Waals surface area (Å²) in [5.41, 5.74) is 9.94. The highest BCUT2D eigenvalue weighted by Crippen LogP contribution is 2.43. The number of aromatic nitrogens is 6. The van der Waals surface area contributed by atoms with Gasteiger partial charge in [-0.05, 0) is 96.0 Å². The van der Waals surface area contributed by atoms with Gasteiger partial charge in [-0.2, -0.15) is 0 Å². The van der Waals surface area contributed by atoms with Crippen molar-refractivity contribution < 1.29 is 9.59 Å². The van der Waals surface area contributed by atoms with Gasteiger partial charge in [0.15, 0.2) is 0 Å². The summed E-state index contributed by atoms with van der Waals surface area (Å²) in [6.45, 7) is 13.8. The monoisotopic (exact) mass is 678 g/mol. The second-order valence-corrected chi connectivity index (χ2v) is 14.4. The molecular formula is C41H42N8O2. The Balaban J connectivity index is 0.000000159. The summed E-state index contributed by atoms with van der Waals surface area (Å²) in [7, 11) is 3.67. The number of pyridine rings is 2. The molecule has 6 aromatic rings. The first-order valence-electron chi connectivity index (χ1n) is 17.0. The fourth-order valence-electron chi connectivity index (χ4n) is 7.21. The van der Waals surface area contributed by atoms with E-state index in [0.717, 1.165) is 73.7 Å². The van der Waals surface area contributed by atoms with Crippen molar-refractivity contribution in [1.29, 1.82) is 0 Å². The van der Waals surface area contributed by atoms with Crippen LogP contribution in [0.2, 0.25) is 0 Å². The number of carbonyl (C=O) groups excluding carboxylic acids is 2. The quantitative estimate of drug-likeness (QED) is 0.194. The van der Waals surface area contributed by atoms with Crippen LogP contribution in [0.1, 0.15) is 56.2 Å². The molecule has 0 aliphatic carbocycles. The third-order valence-electron chi connectivity index (χ3n) is 10.2. The Kier molecular flexibility index (Phi) is 8.00. The number of aryl methyl sites for hydroxylation is 3. The molecule has 4 aromatic heterocycles. The van der Waals surface area contributed by atoms with Gasteiger partial charge in [0.1, 0.15) is 11.6 Å². The van der Waals surface area contributed by atoms with Gasteiger partial charge >= 0.3 is 0 Å². The molecule has 0 atom stereocenters. The lowest BCUT2D eigenvalue weighted by Gasteiger charge is -2.16. The van der Waals surface area contributed by atoms with Crippen LogP contribution in [0.3, 0.4) is 0 Å². The van der Waals surface area contributed by atoms with Crippen molar-refractivity contribution in [2.75, 3.05) is 23.9 Å². The number of hydrogen-bond acceptors (Lipinski definition) is 6. The number of anilines is 2. The number of rotatable bonds is 4. The number of amides is 2. The van der Waals surface area contributed by atoms with E-state index in [1.165, 1.54) is 0 Å². The molecule has 0 radical (unpaired) electrons. The molecule has 0 N–H and O–H groups in total. The summed E-state index contributed by atoms with van der Waals surface area (Å²) in [6.07, 6.45) is 9.41. The Morgan fingerprint density at radius 3 is 1.49 bits per heavy atom. The molecule has 2 amide bonds. The van der Waals surface area contributed by atoms with Crippen molar-refractivity contribution in [2.24, 2.45) is 0 Å². The average molecular weight is 679 g/mol. The largest absolute Gasteiger partial charge is 0.314 e. The van der Waals surface area contributed by atoms with Crippen molar-refractivity contribution in [3.8, 4) is 33.9 Å². The van der Waals surface area contributed by atoms with Crippen LogP contribution in [-0.4, -0.2) is 55.0 Å². The molecule has 51 heavy (non-hydrogen) atoms. The SMILES string of the molecule is Cc1cc(-n2cc(-c3ccc4c(c3)N(C)C(=O)C4(C)C)nc2C)ccn1.Cc1nc(-c2ccc3c(c2)N(C)C(=O)C3(C)C)cn1-c1ccncc1. The molecule has 10 heteroatoms. The Hall–Kier alpha value is -5.90. The van der Waals surface area contributed by atoms with Gasteiger partial charge in [-0.25, -0.2) is 9.97 Å². The van der Waals surface area contributed by atoms with E-state index in [9.17, 15) is 9.59 Å². The summed E-state index contributed by atoms with van der Waals surface area (Å²) in [5, 5.41) is 0. The molecule has 0 saturated heterocycles. The molecule has 0 saturated carbocycles. The molecule has 6 heterocycles. The predicted octanol–water partition coefficient (Wildman–Crippen LogP) is 7.30. The Morgan fingerprint density at radius 2 is 1.02 bits per heavy atom. The zero-order valence-corrected chi connectivity index (χ0v) is 30.6. The van der Waals surface area contributed by atoms with Gasteiger partial charge in [-0.15, -0.1) is 0 Å². The minimum absolute atomic E-state index is 0.123. The Bertz CT molecular complexity index is 2330. The molecule has 258 valence electrons. The minimum Gasteiger partial charge on any atom is -0.314 e. The van der Waals surface area contributed by atoms with E-state index in [-0.39, 0.29) is 11.8 Å². The molecule has 0 spiro atoms. The van der Waals surface area contributed by atoms with Crippen molar-refractivity contribution in [1.82, 2.24) is 29.1 Å². The fourth-order valence-corrected chi connectivity index (χ4v) is 7.21. The van der Waals surface area contributed by atoms with Crippen molar-refractivity contribution in [2.45, 2.75) is 59.3 Å². The summed E-state index contributed by atoms with van der Waals surface area (Å²) >= 11 is 0. The van der Waals surface area contributed by atoms with E-state index < -0.39 is 10.8 Å². The van der Waals surface area contributed by atoms with Gasteiger partial charge in [0.05, 0.1) is 27.9 Å². The van der Waals surface area contributed by atoms with Crippen LogP contribution >= 0.6 is 0 Å². The molecule has 2 aromatic carbocycles. The van der Waals surface area contributed by atoms with Crippen LogP contribution in [0.15, 0.2) is 91.6 Å². The maximum absolute atomic E-state index is 12.5. The number of carbonyl (C=O) groups is 2. The number of benzene rings is 2. The van der Waals surface area contributed by atoms with E-state index in [0.29, 0.717) is 0 Å². The molecular weight excluding hydrogens is 637 g/mol. The average Bonchev–Trinajstić information content (AvgIpc) is 3.80. The van der Waals surface area contributed by atoms with Crippen LogP contribution < -0.4 is 9.80 Å². The van der Waals surface area contributed by atoms with Gasteiger partial charge in [-0.3, -0.25) is 19.6 Å². The molecule has 8 rings (SSSR count). The number of fused-ring (bicyclic) bond motifs is 2. The lowest BCUT2D eigenvalue weighted by Crippen LogP contribution is -2.33. The third-order valence-corrected chi connectivity index (χ3v) is 10.2. The highest BCUT2D eigenvalue weighted by atomic mass is 16.2. The summed E-state index contributed by atoms with van der Waals surface area (Å²) in [5.74, 6) is 2.07. The Morgan fingerprint density at radius 1 is 0.569 bits per heavy atom. The predicted molar refractivity (Wildman–Crippen MR) is 201 cm³/mol. The van der Waals surface area contributed by atoms with Crippen LogP contribution in [0, 0.1) is 20.8 Å². The van der Waals surface area contributed by atoms with Crippen LogP contribution in [0.4, 0.5) is 11.4 Å². The first-order chi connectivity index (χ1) is 24.2. The lowest BCUT2D eigenvalue weighted by molar-refractivity contribution is -0.122. The molecule has 2 aliphatic rings. The van der Waals surface area contributed by atoms with E-state index in [2.05, 4.69) is 38.8 Å². The number of likely N-dealkylation sites (N-methyl/N-ethyl adjacent to an activating group) is 2. The second-order valence-electron chi connectivity index (χ2n) is 14.4. The van der Waals surface area contributed by atoms with Gasteiger partial charge in [0.25, 0.3) is 0 Å². The molecule has 0 bridgehead atoms. The lowest BCUT2D eigenvalue weighted by atomic mass is 9.86. The highest BCUT2D eigenvalue weighted by molar-refractivity contribution is 6.08. The van der Waals surface area contributed by atoms with Gasteiger partial charge < -0.3 is 18.9 Å². The van der Waals surface area contributed by atoms with E-state index in [4.69, 9.17) is 9.97 Å². The minimum atomic E-state index is -0.480. The van der Waals surface area contributed by atoms with Crippen LogP contribution in [0.25, 0.3) is 33.9 Å². The second kappa shape index (κ2) is 12.2. The molecule has 0 unspecified atom stereocenters. The van der Waals surface area contributed by atoms with E-state index in [1.54, 1.807) is 22.2 Å². The van der Waals surface area contributed by atoms with E-state index >= 15 is 0 Å². The van der Waals surface area contributed by atoms with Gasteiger partial charge in [0.2, 0.25) is 11.8 Å². The van der Waals surface area contributed by atoms with Gasteiger partial charge in [0, 0.05) is 79.0 Å². The fraction of sp³-hybridized carbons (Fsp3) is 0.268. The normalized spacial score (nSPS) is 15.5. The molecule has 2 aliphatic heterocycles. The third kappa shape index (κ3) is 5.60. The van der Waals surface area contributed by atoms with E-state index in [1.807, 2.05) is 122 Å². The first-order valence-corrected chi connectivity index (χ1v) is 17.0. The zero-order chi connectivity index (χ0) is 36.4. The smallest absolute Gasteiger partial charge is 0.236 e.